The van der Waals surface area contributed by atoms with E-state index in [4.69, 9.17) is 0 Å². The maximum Gasteiger partial charge on any atom is 0.106 e. The summed E-state index contributed by atoms with van der Waals surface area (Å²) in [6, 6.07) is 9.52. The van der Waals surface area contributed by atoms with Crippen molar-refractivity contribution in [2.75, 3.05) is 0 Å². The van der Waals surface area contributed by atoms with Gasteiger partial charge in [-0.1, -0.05) is 51.1 Å². The Morgan fingerprint density at radius 3 is 2.15 bits per heavy atom. The zero-order valence-electron chi connectivity index (χ0n) is 8.34. The molecule has 0 aliphatic carbocycles. The van der Waals surface area contributed by atoms with Gasteiger partial charge >= 0.3 is 0 Å². The zero-order valence-corrected chi connectivity index (χ0v) is 8.34. The van der Waals surface area contributed by atoms with Gasteiger partial charge in [-0.3, -0.25) is 0 Å². The second-order valence-electron chi connectivity index (χ2n) is 4.15. The van der Waals surface area contributed by atoms with Crippen LogP contribution in [0.4, 0.5) is 4.39 Å². The number of hydrogen-bond donors (Lipinski definition) is 0. The van der Waals surface area contributed by atoms with Gasteiger partial charge in [-0.05, 0) is 11.6 Å². The highest BCUT2D eigenvalue weighted by Gasteiger charge is 2.16. The Labute approximate surface area is 79.1 Å². The van der Waals surface area contributed by atoms with Crippen molar-refractivity contribution in [3.63, 3.8) is 0 Å². The quantitative estimate of drug-likeness (QED) is 0.608. The van der Waals surface area contributed by atoms with Gasteiger partial charge in [0.05, 0.1) is 0 Å². The molecule has 0 unspecified atom stereocenters. The average molecular weight is 178 g/mol. The monoisotopic (exact) mass is 178 g/mol. The average Bonchev–Trinajstić information content (AvgIpc) is 2.04. The van der Waals surface area contributed by atoms with Crippen LogP contribution in [0.1, 0.15) is 26.3 Å². The van der Waals surface area contributed by atoms with Gasteiger partial charge in [-0.15, -0.1) is 0 Å². The highest BCUT2D eigenvalue weighted by molar-refractivity contribution is 5.51. The van der Waals surface area contributed by atoms with Crippen molar-refractivity contribution in [1.29, 1.82) is 0 Å². The molecule has 0 fully saturated rings. The highest BCUT2D eigenvalue weighted by atomic mass is 19.1. The second-order valence-corrected chi connectivity index (χ2v) is 4.15. The van der Waals surface area contributed by atoms with E-state index < -0.39 is 5.41 Å². The van der Waals surface area contributed by atoms with E-state index in [-0.39, 0.29) is 5.83 Å². The zero-order chi connectivity index (χ0) is 9.90. The molecule has 13 heavy (non-hydrogen) atoms. The first-order valence-corrected chi connectivity index (χ1v) is 4.43. The van der Waals surface area contributed by atoms with Crippen molar-refractivity contribution in [1.82, 2.24) is 0 Å². The lowest BCUT2D eigenvalue weighted by atomic mass is 9.93. The fraction of sp³-hybridized carbons (Fsp3) is 0.333. The molecular formula is C12H15F. The summed E-state index contributed by atoms with van der Waals surface area (Å²) < 4.78 is 13.5. The van der Waals surface area contributed by atoms with Crippen LogP contribution in [0.5, 0.6) is 0 Å². The Morgan fingerprint density at radius 1 is 1.15 bits per heavy atom. The maximum atomic E-state index is 13.5. The van der Waals surface area contributed by atoms with E-state index in [2.05, 4.69) is 0 Å². The van der Waals surface area contributed by atoms with Crippen molar-refractivity contribution in [3.05, 3.63) is 41.7 Å². The molecule has 70 valence electrons. The number of rotatable bonds is 1. The van der Waals surface area contributed by atoms with Crippen LogP contribution in [-0.2, 0) is 0 Å². The summed E-state index contributed by atoms with van der Waals surface area (Å²) in [6.07, 6.45) is 1.58. The molecule has 0 saturated carbocycles. The number of halogens is 1. The fourth-order valence-corrected chi connectivity index (χ4v) is 0.912. The molecule has 0 saturated heterocycles. The van der Waals surface area contributed by atoms with Gasteiger partial charge in [0.15, 0.2) is 0 Å². The summed E-state index contributed by atoms with van der Waals surface area (Å²) >= 11 is 0. The van der Waals surface area contributed by atoms with Crippen molar-refractivity contribution < 1.29 is 4.39 Å². The molecule has 0 amide bonds. The first kappa shape index (κ1) is 9.97. The summed E-state index contributed by atoms with van der Waals surface area (Å²) in [5.41, 5.74) is 0.519. The normalized spacial score (nSPS) is 13.1. The molecule has 1 rings (SSSR count). The van der Waals surface area contributed by atoms with E-state index >= 15 is 0 Å². The molecule has 0 heterocycles. The molecule has 1 heteroatoms. The molecule has 0 bridgehead atoms. The maximum absolute atomic E-state index is 13.5. The molecule has 0 aliphatic rings. The van der Waals surface area contributed by atoms with Crippen LogP contribution in [0.25, 0.3) is 6.08 Å². The molecule has 0 aliphatic heterocycles. The van der Waals surface area contributed by atoms with Crippen LogP contribution in [0.15, 0.2) is 36.2 Å². The Bertz CT molecular complexity index is 291. The van der Waals surface area contributed by atoms with Gasteiger partial charge in [-0.25, -0.2) is 4.39 Å². The molecule has 0 atom stereocenters. The van der Waals surface area contributed by atoms with Crippen LogP contribution >= 0.6 is 0 Å². The van der Waals surface area contributed by atoms with E-state index in [0.717, 1.165) is 5.56 Å². The highest BCUT2D eigenvalue weighted by Crippen LogP contribution is 2.27. The molecule has 1 aromatic rings. The minimum Gasteiger partial charge on any atom is -0.211 e. The standard InChI is InChI=1S/C12H15F/c1-12(2,3)11(13)9-10-7-5-4-6-8-10/h4-9H,1-3H3/b11-9+. The van der Waals surface area contributed by atoms with Gasteiger partial charge < -0.3 is 0 Å². The van der Waals surface area contributed by atoms with Crippen molar-refractivity contribution >= 4 is 6.08 Å². The Balaban J connectivity index is 2.90. The Hall–Kier alpha value is -1.11. The summed E-state index contributed by atoms with van der Waals surface area (Å²) in [5.74, 6) is -0.0845. The summed E-state index contributed by atoms with van der Waals surface area (Å²) in [7, 11) is 0. The number of hydrogen-bond acceptors (Lipinski definition) is 0. The topological polar surface area (TPSA) is 0 Å². The second kappa shape index (κ2) is 3.73. The molecule has 0 N–H and O–H groups in total. The van der Waals surface area contributed by atoms with Crippen LogP contribution in [0.3, 0.4) is 0 Å². The van der Waals surface area contributed by atoms with E-state index in [9.17, 15) is 4.39 Å². The minimum absolute atomic E-state index is 0.0845. The predicted octanol–water partition coefficient (Wildman–Crippen LogP) is 4.04. The summed E-state index contributed by atoms with van der Waals surface area (Å²) in [4.78, 5) is 0. The summed E-state index contributed by atoms with van der Waals surface area (Å²) in [5, 5.41) is 0. The van der Waals surface area contributed by atoms with Crippen LogP contribution in [0, 0.1) is 5.41 Å². The lowest BCUT2D eigenvalue weighted by Gasteiger charge is -2.15. The van der Waals surface area contributed by atoms with Crippen LogP contribution < -0.4 is 0 Å². The molecule has 0 radical (unpaired) electrons. The van der Waals surface area contributed by atoms with Gasteiger partial charge in [0.1, 0.15) is 5.83 Å². The fourth-order valence-electron chi connectivity index (χ4n) is 0.912. The largest absolute Gasteiger partial charge is 0.211 e. The third-order valence-corrected chi connectivity index (χ3v) is 1.81. The lowest BCUT2D eigenvalue weighted by molar-refractivity contribution is 0.389. The number of benzene rings is 1. The first-order chi connectivity index (χ1) is 6.00. The van der Waals surface area contributed by atoms with E-state index in [0.29, 0.717) is 0 Å². The first-order valence-electron chi connectivity index (χ1n) is 4.43. The van der Waals surface area contributed by atoms with Crippen molar-refractivity contribution in [3.8, 4) is 0 Å². The Morgan fingerprint density at radius 2 is 1.69 bits per heavy atom. The third-order valence-electron chi connectivity index (χ3n) is 1.81. The van der Waals surface area contributed by atoms with Gasteiger partial charge in [0, 0.05) is 5.41 Å². The lowest BCUT2D eigenvalue weighted by Crippen LogP contribution is -2.04. The van der Waals surface area contributed by atoms with E-state index in [1.165, 1.54) is 0 Å². The molecule has 0 spiro atoms. The van der Waals surface area contributed by atoms with E-state index in [1.54, 1.807) is 6.08 Å². The summed E-state index contributed by atoms with van der Waals surface area (Å²) in [6.45, 7) is 5.59. The molecule has 1 aromatic carbocycles. The molecule has 0 nitrogen and oxygen atoms in total. The van der Waals surface area contributed by atoms with Gasteiger partial charge in [0.25, 0.3) is 0 Å². The smallest absolute Gasteiger partial charge is 0.106 e. The van der Waals surface area contributed by atoms with Crippen molar-refractivity contribution in [2.24, 2.45) is 5.41 Å². The van der Waals surface area contributed by atoms with Gasteiger partial charge in [0.2, 0.25) is 0 Å². The van der Waals surface area contributed by atoms with Crippen molar-refractivity contribution in [2.45, 2.75) is 20.8 Å². The van der Waals surface area contributed by atoms with Crippen LogP contribution in [0.2, 0.25) is 0 Å². The Kier molecular flexibility index (Phi) is 2.86. The molecular weight excluding hydrogens is 163 g/mol. The SMILES string of the molecule is CC(C)(C)/C(F)=C\c1ccccc1. The third kappa shape index (κ3) is 3.02. The van der Waals surface area contributed by atoms with Gasteiger partial charge in [-0.2, -0.15) is 0 Å². The van der Waals surface area contributed by atoms with Crippen LogP contribution in [-0.4, -0.2) is 0 Å². The number of allylic oxidation sites excluding steroid dienone is 1. The van der Waals surface area contributed by atoms with E-state index in [1.807, 2.05) is 51.1 Å². The predicted molar refractivity (Wildman–Crippen MR) is 55.0 cm³/mol. The minimum atomic E-state index is -0.393. The molecule has 0 aromatic heterocycles.